The van der Waals surface area contributed by atoms with Crippen molar-refractivity contribution in [2.75, 3.05) is 11.2 Å². The number of nitrogen functional groups attached to an aromatic ring is 1. The first kappa shape index (κ1) is 10.1. The fourth-order valence-electron chi connectivity index (χ4n) is 1.92. The van der Waals surface area contributed by atoms with E-state index >= 15 is 0 Å². The van der Waals surface area contributed by atoms with Crippen LogP contribution in [0.4, 0.5) is 11.5 Å². The van der Waals surface area contributed by atoms with E-state index in [9.17, 15) is 0 Å². The number of nitrogens with two attached hydrogens (primary N) is 1. The molecule has 0 fully saturated rings. The molecule has 1 aromatic heterocycles. The number of hydrogen-bond acceptors (Lipinski definition) is 5. The monoisotopic (exact) mass is 231 g/mol. The van der Waals surface area contributed by atoms with E-state index in [4.69, 9.17) is 10.8 Å². The minimum atomic E-state index is -0.0779. The Morgan fingerprint density at radius 1 is 1.35 bits per heavy atom. The highest BCUT2D eigenvalue weighted by Crippen LogP contribution is 2.26. The van der Waals surface area contributed by atoms with E-state index in [0.717, 1.165) is 17.1 Å². The van der Waals surface area contributed by atoms with Gasteiger partial charge in [0.1, 0.15) is 12.0 Å². The molecule has 1 aliphatic heterocycles. The van der Waals surface area contributed by atoms with Gasteiger partial charge in [-0.05, 0) is 17.7 Å². The quantitative estimate of drug-likeness (QED) is 0.563. The molecule has 17 heavy (non-hydrogen) atoms. The van der Waals surface area contributed by atoms with Crippen molar-refractivity contribution >= 4 is 11.5 Å². The van der Waals surface area contributed by atoms with E-state index in [-0.39, 0.29) is 12.8 Å². The first-order valence-corrected chi connectivity index (χ1v) is 5.34. The van der Waals surface area contributed by atoms with Gasteiger partial charge in [-0.1, -0.05) is 12.1 Å². The van der Waals surface area contributed by atoms with Gasteiger partial charge in [0, 0.05) is 11.8 Å². The van der Waals surface area contributed by atoms with Crippen LogP contribution in [-0.4, -0.2) is 14.9 Å². The molecule has 0 bridgehead atoms. The normalized spacial score (nSPS) is 17.8. The molecule has 5 N–H and O–H groups in total. The zero-order valence-electron chi connectivity index (χ0n) is 9.09. The Balaban J connectivity index is 1.97. The van der Waals surface area contributed by atoms with Crippen molar-refractivity contribution in [3.05, 3.63) is 41.6 Å². The molecule has 0 saturated heterocycles. The predicted molar refractivity (Wildman–Crippen MR) is 63.9 cm³/mol. The molecule has 88 valence electrons. The molecule has 1 unspecified atom stereocenters. The van der Waals surface area contributed by atoms with E-state index in [1.54, 1.807) is 4.68 Å². The molecular formula is C11H13N5O. The highest BCUT2D eigenvalue weighted by atomic mass is 16.3. The SMILES string of the molecule is Nc1ccc(C2NNc3cc(CO)nn32)cc1. The van der Waals surface area contributed by atoms with E-state index in [0.29, 0.717) is 5.69 Å². The van der Waals surface area contributed by atoms with Gasteiger partial charge in [-0.2, -0.15) is 5.10 Å². The molecule has 0 amide bonds. The largest absolute Gasteiger partial charge is 0.399 e. The zero-order valence-corrected chi connectivity index (χ0v) is 9.09. The summed E-state index contributed by atoms with van der Waals surface area (Å²) < 4.78 is 1.80. The third-order valence-corrected chi connectivity index (χ3v) is 2.78. The lowest BCUT2D eigenvalue weighted by molar-refractivity contribution is 0.274. The van der Waals surface area contributed by atoms with Crippen LogP contribution in [0.2, 0.25) is 0 Å². The summed E-state index contributed by atoms with van der Waals surface area (Å²) >= 11 is 0. The number of rotatable bonds is 2. The molecule has 0 spiro atoms. The third kappa shape index (κ3) is 1.63. The summed E-state index contributed by atoms with van der Waals surface area (Å²) in [5, 5.41) is 13.3. The summed E-state index contributed by atoms with van der Waals surface area (Å²) in [6.07, 6.45) is -0.0779. The maximum absolute atomic E-state index is 9.05. The molecule has 0 aliphatic carbocycles. The Labute approximate surface area is 98.0 Å². The van der Waals surface area contributed by atoms with Gasteiger partial charge in [0.15, 0.2) is 0 Å². The summed E-state index contributed by atoms with van der Waals surface area (Å²) in [4.78, 5) is 0. The Morgan fingerprint density at radius 2 is 2.12 bits per heavy atom. The molecule has 1 aromatic carbocycles. The van der Waals surface area contributed by atoms with Crippen molar-refractivity contribution in [3.63, 3.8) is 0 Å². The summed E-state index contributed by atoms with van der Waals surface area (Å²) in [6, 6.07) is 9.41. The zero-order chi connectivity index (χ0) is 11.8. The summed E-state index contributed by atoms with van der Waals surface area (Å²) in [5.41, 5.74) is 14.2. The number of nitrogens with zero attached hydrogens (tertiary/aromatic N) is 2. The summed E-state index contributed by atoms with van der Waals surface area (Å²) in [7, 11) is 0. The van der Waals surface area contributed by atoms with Crippen molar-refractivity contribution in [1.82, 2.24) is 15.2 Å². The van der Waals surface area contributed by atoms with Crippen LogP contribution >= 0.6 is 0 Å². The second-order valence-electron chi connectivity index (χ2n) is 3.96. The second-order valence-corrected chi connectivity index (χ2v) is 3.96. The van der Waals surface area contributed by atoms with E-state index in [1.165, 1.54) is 0 Å². The molecule has 0 saturated carbocycles. The van der Waals surface area contributed by atoms with Crippen molar-refractivity contribution in [2.24, 2.45) is 0 Å². The number of fused-ring (bicyclic) bond motifs is 1. The van der Waals surface area contributed by atoms with Crippen LogP contribution in [0.15, 0.2) is 30.3 Å². The van der Waals surface area contributed by atoms with Crippen molar-refractivity contribution < 1.29 is 5.11 Å². The molecule has 2 aromatic rings. The van der Waals surface area contributed by atoms with Crippen molar-refractivity contribution in [3.8, 4) is 0 Å². The fraction of sp³-hybridized carbons (Fsp3) is 0.182. The minimum Gasteiger partial charge on any atom is -0.399 e. The minimum absolute atomic E-state index is 0.0594. The van der Waals surface area contributed by atoms with E-state index in [2.05, 4.69) is 16.0 Å². The van der Waals surface area contributed by atoms with Gasteiger partial charge in [0.25, 0.3) is 0 Å². The van der Waals surface area contributed by atoms with Crippen LogP contribution in [-0.2, 0) is 6.61 Å². The molecule has 1 atom stereocenters. The lowest BCUT2D eigenvalue weighted by atomic mass is 10.1. The Bertz CT molecular complexity index is 533. The van der Waals surface area contributed by atoms with Gasteiger partial charge in [0.2, 0.25) is 0 Å². The average Bonchev–Trinajstić information content (AvgIpc) is 2.89. The van der Waals surface area contributed by atoms with Gasteiger partial charge < -0.3 is 16.3 Å². The number of aliphatic hydroxyl groups is 1. The third-order valence-electron chi connectivity index (χ3n) is 2.78. The van der Waals surface area contributed by atoms with Gasteiger partial charge in [-0.25, -0.2) is 10.1 Å². The first-order chi connectivity index (χ1) is 8.28. The van der Waals surface area contributed by atoms with Gasteiger partial charge in [-0.15, -0.1) is 0 Å². The number of aliphatic hydroxyl groups excluding tert-OH is 1. The van der Waals surface area contributed by atoms with Crippen LogP contribution in [0.25, 0.3) is 0 Å². The lowest BCUT2D eigenvalue weighted by Crippen LogP contribution is -2.23. The topological polar surface area (TPSA) is 88.1 Å². The van der Waals surface area contributed by atoms with Crippen molar-refractivity contribution in [1.29, 1.82) is 0 Å². The van der Waals surface area contributed by atoms with Crippen molar-refractivity contribution in [2.45, 2.75) is 12.8 Å². The van der Waals surface area contributed by atoms with E-state index < -0.39 is 0 Å². The van der Waals surface area contributed by atoms with Crippen LogP contribution in [0.5, 0.6) is 0 Å². The van der Waals surface area contributed by atoms with Gasteiger partial charge >= 0.3 is 0 Å². The standard InChI is InChI=1S/C11H13N5O/c12-8-3-1-7(2-4-8)11-14-13-10-5-9(6-17)15-16(10)11/h1-5,11,13-14,17H,6,12H2. The number of hydrogen-bond donors (Lipinski definition) is 4. The molecule has 6 nitrogen and oxygen atoms in total. The fourth-order valence-corrected chi connectivity index (χ4v) is 1.92. The van der Waals surface area contributed by atoms with Crippen LogP contribution in [0.3, 0.4) is 0 Å². The molecule has 3 rings (SSSR count). The number of hydrazine groups is 1. The van der Waals surface area contributed by atoms with Crippen LogP contribution in [0.1, 0.15) is 17.4 Å². The Kier molecular flexibility index (Phi) is 2.24. The second kappa shape index (κ2) is 3.76. The van der Waals surface area contributed by atoms with Gasteiger partial charge in [0.05, 0.1) is 12.3 Å². The number of anilines is 2. The first-order valence-electron chi connectivity index (χ1n) is 5.34. The lowest BCUT2D eigenvalue weighted by Gasteiger charge is -2.12. The van der Waals surface area contributed by atoms with E-state index in [1.807, 2.05) is 30.3 Å². The number of aromatic nitrogens is 2. The molecule has 0 radical (unpaired) electrons. The molecular weight excluding hydrogens is 218 g/mol. The number of nitrogens with one attached hydrogen (secondary N) is 2. The maximum Gasteiger partial charge on any atom is 0.146 e. The average molecular weight is 231 g/mol. The van der Waals surface area contributed by atoms with Crippen LogP contribution in [0, 0.1) is 0 Å². The summed E-state index contributed by atoms with van der Waals surface area (Å²) in [6.45, 7) is -0.0594. The molecule has 2 heterocycles. The number of benzene rings is 1. The molecule has 1 aliphatic rings. The Morgan fingerprint density at radius 3 is 2.82 bits per heavy atom. The maximum atomic E-state index is 9.05. The smallest absolute Gasteiger partial charge is 0.146 e. The highest BCUT2D eigenvalue weighted by molar-refractivity contribution is 5.44. The molecule has 6 heteroatoms. The predicted octanol–water partition coefficient (Wildman–Crippen LogP) is 0.435. The highest BCUT2D eigenvalue weighted by Gasteiger charge is 2.24. The Hall–Kier alpha value is -2.05. The summed E-state index contributed by atoms with van der Waals surface area (Å²) in [5.74, 6) is 0.843. The van der Waals surface area contributed by atoms with Crippen LogP contribution < -0.4 is 16.6 Å². The van der Waals surface area contributed by atoms with Gasteiger partial charge in [-0.3, -0.25) is 0 Å².